The summed E-state index contributed by atoms with van der Waals surface area (Å²) < 4.78 is 12.4. The summed E-state index contributed by atoms with van der Waals surface area (Å²) in [5.41, 5.74) is 1.75. The Morgan fingerprint density at radius 1 is 0.917 bits per heavy atom. The minimum Gasteiger partial charge on any atom is -0.399 e. The van der Waals surface area contributed by atoms with E-state index in [1.165, 1.54) is 5.69 Å². The van der Waals surface area contributed by atoms with Crippen molar-refractivity contribution in [2.75, 3.05) is 18.0 Å². The molecule has 0 unspecified atom stereocenters. The van der Waals surface area contributed by atoms with Crippen molar-refractivity contribution in [1.82, 2.24) is 0 Å². The number of hydrogen-bond donors (Lipinski definition) is 0. The Balaban J connectivity index is 2.24. The van der Waals surface area contributed by atoms with E-state index >= 15 is 0 Å². The quantitative estimate of drug-likeness (QED) is 0.733. The van der Waals surface area contributed by atoms with Gasteiger partial charge in [0.2, 0.25) is 0 Å². The van der Waals surface area contributed by atoms with Crippen LogP contribution in [0.3, 0.4) is 0 Å². The zero-order valence-corrected chi connectivity index (χ0v) is 16.7. The van der Waals surface area contributed by atoms with Crippen molar-refractivity contribution < 1.29 is 9.31 Å². The molecule has 0 aromatic heterocycles. The molecule has 134 valence electrons. The summed E-state index contributed by atoms with van der Waals surface area (Å²) in [6, 6.07) is 8.64. The lowest BCUT2D eigenvalue weighted by Crippen LogP contribution is -2.41. The highest BCUT2D eigenvalue weighted by molar-refractivity contribution is 6.62. The first-order chi connectivity index (χ1) is 11.0. The molecule has 1 heterocycles. The van der Waals surface area contributed by atoms with Crippen LogP contribution >= 0.6 is 0 Å². The van der Waals surface area contributed by atoms with Gasteiger partial charge in [-0.1, -0.05) is 39.8 Å². The standard InChI is InChI=1S/C20H34BNO2/c1-15(2)13-22(14-16(3)4)18-11-9-10-17(12-18)21-23-19(5,6)20(7,8)24-21/h9-12,15-16H,13-14H2,1-8H3. The number of benzene rings is 1. The first-order valence-electron chi connectivity index (χ1n) is 9.22. The van der Waals surface area contributed by atoms with Gasteiger partial charge in [0.1, 0.15) is 0 Å². The molecule has 3 nitrogen and oxygen atoms in total. The van der Waals surface area contributed by atoms with Crippen molar-refractivity contribution in [3.05, 3.63) is 24.3 Å². The Morgan fingerprint density at radius 3 is 1.88 bits per heavy atom. The molecule has 0 aliphatic carbocycles. The second kappa shape index (κ2) is 7.09. The minimum atomic E-state index is -0.302. The molecule has 0 saturated carbocycles. The Kier molecular flexibility index (Phi) is 5.71. The fourth-order valence-electron chi connectivity index (χ4n) is 3.01. The van der Waals surface area contributed by atoms with Crippen LogP contribution in [-0.2, 0) is 9.31 Å². The molecule has 1 aliphatic heterocycles. The van der Waals surface area contributed by atoms with E-state index in [0.717, 1.165) is 18.6 Å². The maximum Gasteiger partial charge on any atom is 0.494 e. The fraction of sp³-hybridized carbons (Fsp3) is 0.700. The van der Waals surface area contributed by atoms with Gasteiger partial charge >= 0.3 is 7.12 Å². The lowest BCUT2D eigenvalue weighted by Gasteiger charge is -2.32. The van der Waals surface area contributed by atoms with Gasteiger partial charge in [0.05, 0.1) is 11.2 Å². The lowest BCUT2D eigenvalue weighted by molar-refractivity contribution is 0.00578. The van der Waals surface area contributed by atoms with E-state index in [2.05, 4.69) is 84.6 Å². The lowest BCUT2D eigenvalue weighted by atomic mass is 9.79. The molecule has 2 rings (SSSR count). The molecular formula is C20H34BNO2. The molecule has 24 heavy (non-hydrogen) atoms. The van der Waals surface area contributed by atoms with Gasteiger partial charge in [0.15, 0.2) is 0 Å². The third-order valence-corrected chi connectivity index (χ3v) is 4.93. The van der Waals surface area contributed by atoms with E-state index < -0.39 is 0 Å². The predicted molar refractivity (Wildman–Crippen MR) is 104 cm³/mol. The largest absolute Gasteiger partial charge is 0.494 e. The number of anilines is 1. The highest BCUT2D eigenvalue weighted by atomic mass is 16.7. The van der Waals surface area contributed by atoms with E-state index in [4.69, 9.17) is 9.31 Å². The molecular weight excluding hydrogens is 297 g/mol. The fourth-order valence-corrected chi connectivity index (χ4v) is 3.01. The molecule has 1 fully saturated rings. The van der Waals surface area contributed by atoms with Gasteiger partial charge in [-0.15, -0.1) is 0 Å². The van der Waals surface area contributed by atoms with Crippen molar-refractivity contribution in [3.63, 3.8) is 0 Å². The van der Waals surface area contributed by atoms with Crippen molar-refractivity contribution in [2.24, 2.45) is 11.8 Å². The second-order valence-electron chi connectivity index (χ2n) is 8.88. The van der Waals surface area contributed by atoms with Gasteiger partial charge in [-0.3, -0.25) is 0 Å². The summed E-state index contributed by atoms with van der Waals surface area (Å²) in [6.45, 7) is 19.6. The first kappa shape index (κ1) is 19.3. The third-order valence-electron chi connectivity index (χ3n) is 4.93. The normalized spacial score (nSPS) is 19.3. The third kappa shape index (κ3) is 4.34. The predicted octanol–water partition coefficient (Wildman–Crippen LogP) is 4.10. The molecule has 4 heteroatoms. The van der Waals surface area contributed by atoms with E-state index in [1.54, 1.807) is 0 Å². The smallest absolute Gasteiger partial charge is 0.399 e. The summed E-state index contributed by atoms with van der Waals surface area (Å²) in [4.78, 5) is 2.48. The Bertz CT molecular complexity index is 511. The van der Waals surface area contributed by atoms with Crippen LogP contribution in [-0.4, -0.2) is 31.4 Å². The highest BCUT2D eigenvalue weighted by Gasteiger charge is 2.51. The zero-order chi connectivity index (χ0) is 18.1. The van der Waals surface area contributed by atoms with Gasteiger partial charge in [-0.05, 0) is 57.1 Å². The topological polar surface area (TPSA) is 21.7 Å². The van der Waals surface area contributed by atoms with E-state index in [0.29, 0.717) is 11.8 Å². The summed E-state index contributed by atoms with van der Waals surface area (Å²) in [6.07, 6.45) is 0. The van der Waals surface area contributed by atoms with Crippen molar-refractivity contribution >= 4 is 18.3 Å². The molecule has 1 aromatic carbocycles. The van der Waals surface area contributed by atoms with E-state index in [9.17, 15) is 0 Å². The zero-order valence-electron chi connectivity index (χ0n) is 16.7. The maximum atomic E-state index is 6.21. The van der Waals surface area contributed by atoms with Crippen LogP contribution in [0.4, 0.5) is 5.69 Å². The average Bonchev–Trinajstić information content (AvgIpc) is 2.66. The monoisotopic (exact) mass is 331 g/mol. The van der Waals surface area contributed by atoms with Crippen LogP contribution < -0.4 is 10.4 Å². The van der Waals surface area contributed by atoms with Crippen molar-refractivity contribution in [2.45, 2.75) is 66.6 Å². The number of nitrogens with zero attached hydrogens (tertiary/aromatic N) is 1. The molecule has 0 N–H and O–H groups in total. The summed E-state index contributed by atoms with van der Waals surface area (Å²) >= 11 is 0. The van der Waals surface area contributed by atoms with Crippen LogP contribution in [0, 0.1) is 11.8 Å². The van der Waals surface area contributed by atoms with Crippen LogP contribution in [0.25, 0.3) is 0 Å². The maximum absolute atomic E-state index is 6.21. The number of hydrogen-bond acceptors (Lipinski definition) is 3. The average molecular weight is 331 g/mol. The molecule has 0 radical (unpaired) electrons. The summed E-state index contributed by atoms with van der Waals surface area (Å²) in [5, 5.41) is 0. The number of rotatable bonds is 6. The van der Waals surface area contributed by atoms with Gasteiger partial charge in [0.25, 0.3) is 0 Å². The minimum absolute atomic E-state index is 0.296. The first-order valence-corrected chi connectivity index (χ1v) is 9.22. The molecule has 1 saturated heterocycles. The molecule has 1 aromatic rings. The summed E-state index contributed by atoms with van der Waals surface area (Å²) in [5.74, 6) is 1.26. The highest BCUT2D eigenvalue weighted by Crippen LogP contribution is 2.36. The summed E-state index contributed by atoms with van der Waals surface area (Å²) in [7, 11) is -0.296. The molecule has 0 amide bonds. The molecule has 0 spiro atoms. The van der Waals surface area contributed by atoms with Crippen LogP contribution in [0.1, 0.15) is 55.4 Å². The van der Waals surface area contributed by atoms with Crippen LogP contribution in [0.5, 0.6) is 0 Å². The Hall–Kier alpha value is -0.995. The Labute approximate surface area is 148 Å². The van der Waals surface area contributed by atoms with Crippen LogP contribution in [0.15, 0.2) is 24.3 Å². The molecule has 0 atom stereocenters. The molecule has 1 aliphatic rings. The van der Waals surface area contributed by atoms with E-state index in [1.807, 2.05) is 0 Å². The Morgan fingerprint density at radius 2 is 1.42 bits per heavy atom. The SMILES string of the molecule is CC(C)CN(CC(C)C)c1cccc(B2OC(C)(C)C(C)(C)O2)c1. The van der Waals surface area contributed by atoms with Gasteiger partial charge in [0, 0.05) is 18.8 Å². The van der Waals surface area contributed by atoms with Crippen molar-refractivity contribution in [1.29, 1.82) is 0 Å². The second-order valence-corrected chi connectivity index (χ2v) is 8.88. The van der Waals surface area contributed by atoms with Crippen LogP contribution in [0.2, 0.25) is 0 Å². The van der Waals surface area contributed by atoms with E-state index in [-0.39, 0.29) is 18.3 Å². The molecule has 0 bridgehead atoms. The van der Waals surface area contributed by atoms with Gasteiger partial charge < -0.3 is 14.2 Å². The van der Waals surface area contributed by atoms with Gasteiger partial charge in [-0.2, -0.15) is 0 Å². The van der Waals surface area contributed by atoms with Crippen molar-refractivity contribution in [3.8, 4) is 0 Å². The van der Waals surface area contributed by atoms with Gasteiger partial charge in [-0.25, -0.2) is 0 Å².